The number of anilines is 1. The number of nitrogens with zero attached hydrogens (tertiary/aromatic N) is 4. The summed E-state index contributed by atoms with van der Waals surface area (Å²) in [6.45, 7) is 5.61. The molecule has 0 spiro atoms. The maximum atomic E-state index is 13.8. The lowest BCUT2D eigenvalue weighted by atomic mass is 9.99. The Labute approximate surface area is 253 Å². The van der Waals surface area contributed by atoms with E-state index < -0.39 is 34.2 Å². The van der Waals surface area contributed by atoms with E-state index in [-0.39, 0.29) is 17.5 Å². The summed E-state index contributed by atoms with van der Waals surface area (Å²) in [7, 11) is 3.39. The number of hydrogen-bond donors (Lipinski definition) is 1. The summed E-state index contributed by atoms with van der Waals surface area (Å²) >= 11 is -2.60. The van der Waals surface area contributed by atoms with Crippen LogP contribution >= 0.6 is 0 Å². The third-order valence-corrected chi connectivity index (χ3v) is 9.76. The van der Waals surface area contributed by atoms with Crippen molar-refractivity contribution in [1.29, 1.82) is 0 Å². The fourth-order valence-corrected chi connectivity index (χ4v) is 7.47. The number of carbonyl (C=O) groups is 1. The first-order valence-corrected chi connectivity index (χ1v) is 15.6. The molecule has 230 valence electrons. The Hall–Kier alpha value is -3.28. The number of hydrogen-bond acceptors (Lipinski definition) is 5. The number of alkyl halides is 3. The molecule has 5 rings (SSSR count). The fourth-order valence-electron chi connectivity index (χ4n) is 6.62. The van der Waals surface area contributed by atoms with Crippen LogP contribution in [-0.2, 0) is 23.7 Å². The zero-order valence-electron chi connectivity index (χ0n) is 24.8. The molecule has 0 saturated carbocycles. The maximum absolute atomic E-state index is 13.8. The minimum atomic E-state index is -4.67. The lowest BCUT2D eigenvalue weighted by Crippen LogP contribution is -2.45. The van der Waals surface area contributed by atoms with E-state index in [0.29, 0.717) is 18.4 Å². The van der Waals surface area contributed by atoms with Crippen LogP contribution in [0.4, 0.5) is 18.9 Å². The second-order valence-corrected chi connectivity index (χ2v) is 12.6. The molecule has 1 aromatic heterocycles. The number of benzene rings is 2. The van der Waals surface area contributed by atoms with Crippen LogP contribution in [0.5, 0.6) is 0 Å². The van der Waals surface area contributed by atoms with E-state index in [2.05, 4.69) is 22.0 Å². The van der Waals surface area contributed by atoms with Gasteiger partial charge in [0.25, 0.3) is 5.91 Å². The van der Waals surface area contributed by atoms with Gasteiger partial charge in [-0.05, 0) is 93.6 Å². The lowest BCUT2D eigenvalue weighted by Gasteiger charge is -2.38. The highest BCUT2D eigenvalue weighted by molar-refractivity contribution is 7.79. The summed E-state index contributed by atoms with van der Waals surface area (Å²) in [5.41, 5.74) is 4.21. The standard InChI is InChI=1S/C32H37F3N4O3S/c1-20-17-25(18-21(2)36-20)39-15-13-24(14-16-39)37(3)30(40)23-10-9-22-11-12-29(27(22)19-23)38(4)31(43(41)42)26-7-5-6-8-28(26)32(33,34)35/h5-10,17-19,24,29,31H,11-16H2,1-4H3,(H,41,42). The largest absolute Gasteiger partial charge is 0.416 e. The number of aromatic nitrogens is 1. The monoisotopic (exact) mass is 614 g/mol. The second kappa shape index (κ2) is 12.4. The highest BCUT2D eigenvalue weighted by Crippen LogP contribution is 2.43. The Morgan fingerprint density at radius 2 is 1.67 bits per heavy atom. The molecule has 7 nitrogen and oxygen atoms in total. The SMILES string of the molecule is Cc1cc(N2CCC(N(C)C(=O)c3ccc4c(c3)C(N(C)C(c3ccccc3C(F)(F)F)S(=O)O)CC4)CC2)cc(C)n1. The molecule has 1 amide bonds. The zero-order valence-corrected chi connectivity index (χ0v) is 25.6. The van der Waals surface area contributed by atoms with Gasteiger partial charge in [-0.2, -0.15) is 13.2 Å². The van der Waals surface area contributed by atoms with E-state index in [9.17, 15) is 26.7 Å². The van der Waals surface area contributed by atoms with Crippen LogP contribution < -0.4 is 4.90 Å². The van der Waals surface area contributed by atoms with E-state index >= 15 is 0 Å². The van der Waals surface area contributed by atoms with Crippen molar-refractivity contribution in [1.82, 2.24) is 14.8 Å². The number of pyridine rings is 1. The molecule has 3 aromatic rings. The number of piperidine rings is 1. The maximum Gasteiger partial charge on any atom is 0.416 e. The molecule has 1 aliphatic carbocycles. The van der Waals surface area contributed by atoms with E-state index in [0.717, 1.165) is 60.2 Å². The Balaban J connectivity index is 1.33. The van der Waals surface area contributed by atoms with Gasteiger partial charge in [-0.25, -0.2) is 4.21 Å². The molecule has 1 aliphatic heterocycles. The number of fused-ring (bicyclic) bond motifs is 1. The molecule has 2 heterocycles. The van der Waals surface area contributed by atoms with Gasteiger partial charge in [0.15, 0.2) is 11.1 Å². The Morgan fingerprint density at radius 1 is 1.02 bits per heavy atom. The Morgan fingerprint density at radius 3 is 2.30 bits per heavy atom. The molecule has 1 fully saturated rings. The van der Waals surface area contributed by atoms with Gasteiger partial charge in [-0.3, -0.25) is 14.7 Å². The molecule has 0 bridgehead atoms. The molecule has 3 atom stereocenters. The minimum absolute atomic E-state index is 0.0690. The summed E-state index contributed by atoms with van der Waals surface area (Å²) in [4.78, 5) is 23.8. The van der Waals surface area contributed by atoms with Crippen molar-refractivity contribution in [2.75, 3.05) is 32.1 Å². The molecule has 43 heavy (non-hydrogen) atoms. The molecular weight excluding hydrogens is 577 g/mol. The van der Waals surface area contributed by atoms with Crippen LogP contribution in [0.25, 0.3) is 0 Å². The van der Waals surface area contributed by atoms with Gasteiger partial charge in [0.2, 0.25) is 0 Å². The average molecular weight is 615 g/mol. The first-order chi connectivity index (χ1) is 20.3. The van der Waals surface area contributed by atoms with Crippen LogP contribution in [0.2, 0.25) is 0 Å². The van der Waals surface area contributed by atoms with Crippen molar-refractivity contribution in [3.8, 4) is 0 Å². The van der Waals surface area contributed by atoms with Crippen LogP contribution in [-0.4, -0.2) is 62.7 Å². The van der Waals surface area contributed by atoms with Gasteiger partial charge in [0.05, 0.1) is 5.56 Å². The van der Waals surface area contributed by atoms with Crippen LogP contribution in [0.1, 0.15) is 74.7 Å². The van der Waals surface area contributed by atoms with E-state index in [1.165, 1.54) is 18.2 Å². The smallest absolute Gasteiger partial charge is 0.371 e. The van der Waals surface area contributed by atoms with Gasteiger partial charge in [-0.1, -0.05) is 24.3 Å². The molecule has 1 saturated heterocycles. The van der Waals surface area contributed by atoms with Crippen molar-refractivity contribution in [3.05, 3.63) is 93.8 Å². The molecular formula is C32H37F3N4O3S. The second-order valence-electron chi connectivity index (χ2n) is 11.6. The molecule has 11 heteroatoms. The number of rotatable bonds is 7. The summed E-state index contributed by atoms with van der Waals surface area (Å²) < 4.78 is 64.2. The first-order valence-electron chi connectivity index (χ1n) is 14.4. The summed E-state index contributed by atoms with van der Waals surface area (Å²) in [6.07, 6.45) is -1.80. The highest BCUT2D eigenvalue weighted by Gasteiger charge is 2.40. The summed E-state index contributed by atoms with van der Waals surface area (Å²) in [6, 6.07) is 14.2. The van der Waals surface area contributed by atoms with Crippen molar-refractivity contribution in [3.63, 3.8) is 0 Å². The summed E-state index contributed by atoms with van der Waals surface area (Å²) in [5, 5.41) is -1.39. The number of halogens is 3. The normalized spacial score (nSPS) is 18.9. The Bertz CT molecular complexity index is 1500. The van der Waals surface area contributed by atoms with Gasteiger partial charge in [-0.15, -0.1) is 0 Å². The van der Waals surface area contributed by atoms with Crippen molar-refractivity contribution < 1.29 is 26.7 Å². The molecule has 0 radical (unpaired) electrons. The topological polar surface area (TPSA) is 77.0 Å². The van der Waals surface area contributed by atoms with E-state index in [4.69, 9.17) is 0 Å². The van der Waals surface area contributed by atoms with Crippen molar-refractivity contribution in [2.24, 2.45) is 0 Å². The number of aryl methyl sites for hydroxylation is 3. The van der Waals surface area contributed by atoms with E-state index in [1.807, 2.05) is 33.0 Å². The van der Waals surface area contributed by atoms with Gasteiger partial charge in [0.1, 0.15) is 5.37 Å². The predicted octanol–water partition coefficient (Wildman–Crippen LogP) is 6.30. The third kappa shape index (κ3) is 6.49. The van der Waals surface area contributed by atoms with Crippen molar-refractivity contribution in [2.45, 2.75) is 63.2 Å². The number of carbonyl (C=O) groups excluding carboxylic acids is 1. The number of amides is 1. The van der Waals surface area contributed by atoms with Gasteiger partial charge >= 0.3 is 6.18 Å². The van der Waals surface area contributed by atoms with Crippen molar-refractivity contribution >= 4 is 22.7 Å². The molecule has 2 aliphatic rings. The molecule has 2 aromatic carbocycles. The fraction of sp³-hybridized carbons (Fsp3) is 0.438. The lowest BCUT2D eigenvalue weighted by molar-refractivity contribution is -0.138. The molecule has 1 N–H and O–H groups in total. The van der Waals surface area contributed by atoms with Crippen LogP contribution in [0, 0.1) is 13.8 Å². The van der Waals surface area contributed by atoms with Gasteiger partial charge < -0.3 is 14.4 Å². The zero-order chi connectivity index (χ0) is 31.1. The minimum Gasteiger partial charge on any atom is -0.371 e. The first kappa shape index (κ1) is 31.2. The third-order valence-electron chi connectivity index (χ3n) is 8.79. The van der Waals surface area contributed by atoms with Crippen LogP contribution in [0.3, 0.4) is 0 Å². The predicted molar refractivity (Wildman–Crippen MR) is 161 cm³/mol. The average Bonchev–Trinajstić information content (AvgIpc) is 3.39. The molecule has 3 unspecified atom stereocenters. The van der Waals surface area contributed by atoms with Gasteiger partial charge in [0, 0.05) is 54.9 Å². The van der Waals surface area contributed by atoms with Crippen LogP contribution in [0.15, 0.2) is 54.6 Å². The Kier molecular flexibility index (Phi) is 8.97. The summed E-state index contributed by atoms with van der Waals surface area (Å²) in [5.74, 6) is -0.116. The highest BCUT2D eigenvalue weighted by atomic mass is 32.2. The quantitative estimate of drug-likeness (QED) is 0.315. The van der Waals surface area contributed by atoms with E-state index in [1.54, 1.807) is 22.9 Å².